The lowest BCUT2D eigenvalue weighted by atomic mass is 10.1. The monoisotopic (exact) mass is 296 g/mol. The highest BCUT2D eigenvalue weighted by molar-refractivity contribution is 14.1. The molecule has 0 saturated carbocycles. The van der Waals surface area contributed by atoms with E-state index in [4.69, 9.17) is 10.2 Å². The van der Waals surface area contributed by atoms with Crippen molar-refractivity contribution in [3.8, 4) is 0 Å². The molecular formula is C8H6FIO3. The Morgan fingerprint density at radius 1 is 1.54 bits per heavy atom. The largest absolute Gasteiger partial charge is 0.479 e. The van der Waals surface area contributed by atoms with Crippen LogP contribution in [0.2, 0.25) is 0 Å². The van der Waals surface area contributed by atoms with Gasteiger partial charge in [0.05, 0.1) is 0 Å². The summed E-state index contributed by atoms with van der Waals surface area (Å²) in [5.74, 6) is -1.77. The topological polar surface area (TPSA) is 57.5 Å². The van der Waals surface area contributed by atoms with Crippen LogP contribution in [0.3, 0.4) is 0 Å². The van der Waals surface area contributed by atoms with Crippen LogP contribution in [-0.4, -0.2) is 16.2 Å². The Bertz CT molecular complexity index is 340. The molecular weight excluding hydrogens is 290 g/mol. The summed E-state index contributed by atoms with van der Waals surface area (Å²) in [6.45, 7) is 0. The quantitative estimate of drug-likeness (QED) is 0.814. The first kappa shape index (κ1) is 10.4. The van der Waals surface area contributed by atoms with Crippen LogP contribution in [0, 0.1) is 9.39 Å². The number of carbonyl (C=O) groups is 1. The highest BCUT2D eigenvalue weighted by atomic mass is 127. The molecule has 0 heterocycles. The first-order chi connectivity index (χ1) is 6.02. The van der Waals surface area contributed by atoms with Gasteiger partial charge >= 0.3 is 5.97 Å². The van der Waals surface area contributed by atoms with Crippen molar-refractivity contribution < 1.29 is 19.4 Å². The number of aliphatic hydroxyl groups excluding tert-OH is 1. The van der Waals surface area contributed by atoms with Gasteiger partial charge in [-0.25, -0.2) is 9.18 Å². The molecule has 13 heavy (non-hydrogen) atoms. The van der Waals surface area contributed by atoms with E-state index in [1.807, 2.05) is 0 Å². The number of aliphatic hydroxyl groups is 1. The lowest BCUT2D eigenvalue weighted by Crippen LogP contribution is -2.10. The molecule has 0 aliphatic carbocycles. The lowest BCUT2D eigenvalue weighted by molar-refractivity contribution is -0.146. The van der Waals surface area contributed by atoms with Crippen LogP contribution < -0.4 is 0 Å². The van der Waals surface area contributed by atoms with E-state index in [1.165, 1.54) is 12.1 Å². The summed E-state index contributed by atoms with van der Waals surface area (Å²) in [5, 5.41) is 17.5. The van der Waals surface area contributed by atoms with Gasteiger partial charge in [0.15, 0.2) is 6.10 Å². The van der Waals surface area contributed by atoms with Gasteiger partial charge < -0.3 is 10.2 Å². The number of aliphatic carboxylic acids is 1. The molecule has 3 nitrogen and oxygen atoms in total. The maximum absolute atomic E-state index is 12.7. The van der Waals surface area contributed by atoms with Gasteiger partial charge in [-0.2, -0.15) is 0 Å². The fourth-order valence-electron chi connectivity index (χ4n) is 0.825. The van der Waals surface area contributed by atoms with E-state index in [0.717, 1.165) is 6.07 Å². The van der Waals surface area contributed by atoms with Crippen molar-refractivity contribution in [1.82, 2.24) is 0 Å². The van der Waals surface area contributed by atoms with Gasteiger partial charge in [0, 0.05) is 3.57 Å². The van der Waals surface area contributed by atoms with Crippen LogP contribution in [0.15, 0.2) is 18.2 Å². The smallest absolute Gasteiger partial charge is 0.337 e. The van der Waals surface area contributed by atoms with Crippen molar-refractivity contribution in [3.63, 3.8) is 0 Å². The van der Waals surface area contributed by atoms with Crippen molar-refractivity contribution >= 4 is 28.6 Å². The van der Waals surface area contributed by atoms with E-state index in [9.17, 15) is 9.18 Å². The fourth-order valence-corrected chi connectivity index (χ4v) is 1.36. The molecule has 0 aliphatic heterocycles. The minimum Gasteiger partial charge on any atom is -0.479 e. The maximum atomic E-state index is 12.7. The predicted molar refractivity (Wildman–Crippen MR) is 51.7 cm³/mol. The second-order valence-electron chi connectivity index (χ2n) is 2.41. The molecule has 1 aromatic carbocycles. The van der Waals surface area contributed by atoms with E-state index in [0.29, 0.717) is 0 Å². The van der Waals surface area contributed by atoms with Crippen LogP contribution >= 0.6 is 22.6 Å². The SMILES string of the molecule is O=C(O)C(O)c1ccc(F)c(I)c1. The van der Waals surface area contributed by atoms with Crippen molar-refractivity contribution in [2.75, 3.05) is 0 Å². The highest BCUT2D eigenvalue weighted by Crippen LogP contribution is 2.18. The van der Waals surface area contributed by atoms with Crippen molar-refractivity contribution in [3.05, 3.63) is 33.1 Å². The normalized spacial score (nSPS) is 12.5. The molecule has 70 valence electrons. The van der Waals surface area contributed by atoms with Gasteiger partial charge in [0.2, 0.25) is 0 Å². The number of carboxylic acid groups (broad SMARTS) is 1. The number of carboxylic acids is 1. The van der Waals surface area contributed by atoms with Crippen molar-refractivity contribution in [2.45, 2.75) is 6.10 Å². The Balaban J connectivity index is 3.03. The Morgan fingerprint density at radius 3 is 2.62 bits per heavy atom. The summed E-state index contributed by atoms with van der Waals surface area (Å²) < 4.78 is 13.0. The van der Waals surface area contributed by atoms with Gasteiger partial charge in [-0.05, 0) is 40.3 Å². The van der Waals surface area contributed by atoms with Gasteiger partial charge in [0.1, 0.15) is 5.82 Å². The predicted octanol–water partition coefficient (Wildman–Crippen LogP) is 1.55. The Labute approximate surface area is 87.3 Å². The minimum atomic E-state index is -1.59. The van der Waals surface area contributed by atoms with E-state index >= 15 is 0 Å². The lowest BCUT2D eigenvalue weighted by Gasteiger charge is -2.05. The summed E-state index contributed by atoms with van der Waals surface area (Å²) in [6.07, 6.45) is -1.59. The number of rotatable bonds is 2. The van der Waals surface area contributed by atoms with E-state index in [-0.39, 0.29) is 9.13 Å². The first-order valence-electron chi connectivity index (χ1n) is 3.38. The molecule has 0 aromatic heterocycles. The number of halogens is 2. The molecule has 0 bridgehead atoms. The fraction of sp³-hybridized carbons (Fsp3) is 0.125. The second-order valence-corrected chi connectivity index (χ2v) is 3.58. The molecule has 5 heteroatoms. The van der Waals surface area contributed by atoms with Crippen molar-refractivity contribution in [1.29, 1.82) is 0 Å². The highest BCUT2D eigenvalue weighted by Gasteiger charge is 2.16. The van der Waals surface area contributed by atoms with Crippen LogP contribution in [0.1, 0.15) is 11.7 Å². The van der Waals surface area contributed by atoms with Gasteiger partial charge in [-0.1, -0.05) is 6.07 Å². The van der Waals surface area contributed by atoms with E-state index in [1.54, 1.807) is 22.6 Å². The molecule has 1 rings (SSSR count). The average Bonchev–Trinajstić information content (AvgIpc) is 2.08. The summed E-state index contributed by atoms with van der Waals surface area (Å²) in [6, 6.07) is 3.67. The third-order valence-electron chi connectivity index (χ3n) is 1.49. The summed E-state index contributed by atoms with van der Waals surface area (Å²) >= 11 is 1.73. The number of hydrogen-bond acceptors (Lipinski definition) is 2. The standard InChI is InChI=1S/C8H6FIO3/c9-5-2-1-4(3-6(5)10)7(11)8(12)13/h1-3,7,11H,(H,12,13). The second kappa shape index (κ2) is 4.01. The molecule has 0 saturated heterocycles. The maximum Gasteiger partial charge on any atom is 0.337 e. The van der Waals surface area contributed by atoms with Gasteiger partial charge in [0.25, 0.3) is 0 Å². The molecule has 0 spiro atoms. The zero-order valence-corrected chi connectivity index (χ0v) is 8.53. The first-order valence-corrected chi connectivity index (χ1v) is 4.46. The molecule has 2 N–H and O–H groups in total. The molecule has 1 unspecified atom stereocenters. The van der Waals surface area contributed by atoms with Gasteiger partial charge in [-0.3, -0.25) is 0 Å². The minimum absolute atomic E-state index is 0.179. The van der Waals surface area contributed by atoms with Crippen LogP contribution in [0.5, 0.6) is 0 Å². The summed E-state index contributed by atoms with van der Waals surface area (Å²) in [5.41, 5.74) is 0.179. The van der Waals surface area contributed by atoms with Crippen LogP contribution in [-0.2, 0) is 4.79 Å². The zero-order valence-electron chi connectivity index (χ0n) is 6.37. The molecule has 0 radical (unpaired) electrons. The van der Waals surface area contributed by atoms with Crippen LogP contribution in [0.25, 0.3) is 0 Å². The molecule has 0 amide bonds. The Morgan fingerprint density at radius 2 is 2.15 bits per heavy atom. The molecule has 0 aliphatic rings. The Kier molecular flexibility index (Phi) is 3.21. The average molecular weight is 296 g/mol. The Hall–Kier alpha value is -0.690. The molecule has 1 aromatic rings. The third kappa shape index (κ3) is 2.38. The number of hydrogen-bond donors (Lipinski definition) is 2. The summed E-state index contributed by atoms with van der Waals surface area (Å²) in [4.78, 5) is 10.3. The summed E-state index contributed by atoms with van der Waals surface area (Å²) in [7, 11) is 0. The van der Waals surface area contributed by atoms with Gasteiger partial charge in [-0.15, -0.1) is 0 Å². The molecule has 0 fully saturated rings. The molecule has 1 atom stereocenters. The van der Waals surface area contributed by atoms with Crippen LogP contribution in [0.4, 0.5) is 4.39 Å². The van der Waals surface area contributed by atoms with E-state index < -0.39 is 17.9 Å². The van der Waals surface area contributed by atoms with Crippen molar-refractivity contribution in [2.24, 2.45) is 0 Å². The van der Waals surface area contributed by atoms with E-state index in [2.05, 4.69) is 0 Å². The third-order valence-corrected chi connectivity index (χ3v) is 2.32. The number of benzene rings is 1. The zero-order chi connectivity index (χ0) is 10.0.